The highest BCUT2D eigenvalue weighted by atomic mass is 19.1. The Morgan fingerprint density at radius 3 is 2.38 bits per heavy atom. The van der Waals surface area contributed by atoms with E-state index in [0.29, 0.717) is 22.6 Å². The highest BCUT2D eigenvalue weighted by Gasteiger charge is 2.33. The maximum absolute atomic E-state index is 13.5. The van der Waals surface area contributed by atoms with Crippen molar-refractivity contribution >= 4 is 16.8 Å². The van der Waals surface area contributed by atoms with E-state index in [9.17, 15) is 23.1 Å². The van der Waals surface area contributed by atoms with E-state index in [1.807, 2.05) is 4.90 Å². The molecule has 2 fully saturated rings. The van der Waals surface area contributed by atoms with E-state index in [0.717, 1.165) is 44.7 Å². The number of aromatic amines is 1. The van der Waals surface area contributed by atoms with Crippen LogP contribution in [0.3, 0.4) is 0 Å². The number of carbonyl (C=O) groups excluding carboxylic acids is 1. The third-order valence-electron chi connectivity index (χ3n) is 6.38. The van der Waals surface area contributed by atoms with Gasteiger partial charge in [-0.1, -0.05) is 6.42 Å². The third kappa shape index (κ3) is 4.83. The van der Waals surface area contributed by atoms with Gasteiger partial charge in [-0.3, -0.25) is 4.79 Å². The first-order valence-electron chi connectivity index (χ1n) is 11.1. The van der Waals surface area contributed by atoms with Crippen LogP contribution in [0.5, 0.6) is 0 Å². The summed E-state index contributed by atoms with van der Waals surface area (Å²) in [6.45, 7) is 0.999. The van der Waals surface area contributed by atoms with Gasteiger partial charge in [-0.2, -0.15) is 0 Å². The van der Waals surface area contributed by atoms with Crippen LogP contribution < -0.4 is 0 Å². The zero-order valence-electron chi connectivity index (χ0n) is 17.8. The molecule has 7 heteroatoms. The average Bonchev–Trinajstić information content (AvgIpc) is 3.18. The van der Waals surface area contributed by atoms with Gasteiger partial charge in [-0.15, -0.1) is 0 Å². The van der Waals surface area contributed by atoms with Gasteiger partial charge >= 0.3 is 0 Å². The molecule has 2 aliphatic rings. The van der Waals surface area contributed by atoms with Crippen LogP contribution >= 0.6 is 0 Å². The topological polar surface area (TPSA) is 56.3 Å². The van der Waals surface area contributed by atoms with E-state index in [1.165, 1.54) is 24.6 Å². The third-order valence-corrected chi connectivity index (χ3v) is 6.38. The number of halogens is 3. The molecule has 3 aromatic rings. The second kappa shape index (κ2) is 9.77. The van der Waals surface area contributed by atoms with Crippen molar-refractivity contribution in [2.45, 2.75) is 44.6 Å². The lowest BCUT2D eigenvalue weighted by molar-refractivity contribution is -0.143. The molecule has 170 valence electrons. The molecule has 4 nitrogen and oxygen atoms in total. The van der Waals surface area contributed by atoms with Crippen LogP contribution in [-0.4, -0.2) is 40.1 Å². The summed E-state index contributed by atoms with van der Waals surface area (Å²) >= 11 is 0. The van der Waals surface area contributed by atoms with Crippen LogP contribution in [0.25, 0.3) is 22.2 Å². The fraction of sp³-hybridized carbons (Fsp3) is 0.400. The van der Waals surface area contributed by atoms with Gasteiger partial charge in [0.1, 0.15) is 17.5 Å². The van der Waals surface area contributed by atoms with E-state index < -0.39 is 11.6 Å². The largest absolute Gasteiger partial charge is 0.394 e. The number of amides is 1. The Morgan fingerprint density at radius 2 is 1.72 bits per heavy atom. The lowest BCUT2D eigenvalue weighted by Gasteiger charge is -2.39. The molecule has 1 saturated carbocycles. The molecule has 0 bridgehead atoms. The predicted molar refractivity (Wildman–Crippen MR) is 117 cm³/mol. The molecule has 1 aliphatic heterocycles. The summed E-state index contributed by atoms with van der Waals surface area (Å²) < 4.78 is 39.4. The smallest absolute Gasteiger partial charge is 0.226 e. The molecule has 2 aromatic carbocycles. The first-order valence-corrected chi connectivity index (χ1v) is 11.1. The van der Waals surface area contributed by atoms with E-state index in [1.54, 1.807) is 18.2 Å². The molecule has 0 radical (unpaired) electrons. The van der Waals surface area contributed by atoms with Gasteiger partial charge in [-0.25, -0.2) is 13.2 Å². The Balaban J connectivity index is 0.000000158. The number of carbonyl (C=O) groups is 1. The van der Waals surface area contributed by atoms with Gasteiger partial charge in [0.05, 0.1) is 18.2 Å². The second-order valence-corrected chi connectivity index (χ2v) is 8.53. The van der Waals surface area contributed by atoms with Crippen molar-refractivity contribution in [2.75, 3.05) is 13.2 Å². The van der Waals surface area contributed by atoms with Crippen molar-refractivity contribution in [3.63, 3.8) is 0 Å². The van der Waals surface area contributed by atoms with Crippen LogP contribution in [0, 0.1) is 23.4 Å². The fourth-order valence-electron chi connectivity index (χ4n) is 4.32. The number of rotatable bonds is 3. The number of benzene rings is 2. The minimum atomic E-state index is -0.640. The summed E-state index contributed by atoms with van der Waals surface area (Å²) in [6, 6.07) is 9.61. The van der Waals surface area contributed by atoms with Crippen molar-refractivity contribution in [2.24, 2.45) is 5.92 Å². The SMILES string of the molecule is Fc1ccc(-c2cc3cc(F)cc(F)c3[nH]2)cc1.O=C(C1CCC1)N1CCCCC1CO. The van der Waals surface area contributed by atoms with E-state index in [2.05, 4.69) is 4.98 Å². The molecule has 1 aliphatic carbocycles. The lowest BCUT2D eigenvalue weighted by atomic mass is 9.83. The van der Waals surface area contributed by atoms with Crippen molar-refractivity contribution in [1.29, 1.82) is 0 Å². The Morgan fingerprint density at radius 1 is 0.969 bits per heavy atom. The van der Waals surface area contributed by atoms with Crippen LogP contribution in [0.4, 0.5) is 13.2 Å². The zero-order valence-corrected chi connectivity index (χ0v) is 17.8. The molecule has 1 saturated heterocycles. The summed E-state index contributed by atoms with van der Waals surface area (Å²) in [7, 11) is 0. The van der Waals surface area contributed by atoms with E-state index in [-0.39, 0.29) is 29.9 Å². The van der Waals surface area contributed by atoms with Crippen LogP contribution in [-0.2, 0) is 4.79 Å². The van der Waals surface area contributed by atoms with Crippen LogP contribution in [0.1, 0.15) is 38.5 Å². The number of fused-ring (bicyclic) bond motifs is 1. The molecule has 1 unspecified atom stereocenters. The Bertz CT molecular complexity index is 1080. The molecule has 32 heavy (non-hydrogen) atoms. The standard InChI is InChI=1S/C14H8F3N.C11H19NO2/c15-10-3-1-8(2-4-10)13-6-9-5-11(16)7-12(17)14(9)18-13;13-8-10-6-1-2-7-12(10)11(14)9-4-3-5-9/h1-7,18H;9-10,13H,1-8H2. The minimum Gasteiger partial charge on any atom is -0.394 e. The maximum Gasteiger partial charge on any atom is 0.226 e. The molecule has 2 N–H and O–H groups in total. The lowest BCUT2D eigenvalue weighted by Crippen LogP contribution is -2.49. The number of aliphatic hydroxyl groups excluding tert-OH is 1. The zero-order chi connectivity index (χ0) is 22.7. The number of likely N-dealkylation sites (tertiary alicyclic amines) is 1. The minimum absolute atomic E-state index is 0.108. The number of nitrogens with one attached hydrogen (secondary N) is 1. The Labute approximate surface area is 185 Å². The molecule has 5 rings (SSSR count). The number of H-pyrrole nitrogens is 1. The van der Waals surface area contributed by atoms with Gasteiger partial charge in [0.2, 0.25) is 5.91 Å². The summed E-state index contributed by atoms with van der Waals surface area (Å²) in [6.07, 6.45) is 6.57. The van der Waals surface area contributed by atoms with Gasteiger partial charge in [0, 0.05) is 29.6 Å². The quantitative estimate of drug-likeness (QED) is 0.567. The first-order chi connectivity index (χ1) is 15.5. The number of nitrogens with zero attached hydrogens (tertiary/aromatic N) is 1. The molecule has 1 amide bonds. The summed E-state index contributed by atoms with van der Waals surface area (Å²) in [4.78, 5) is 16.8. The van der Waals surface area contributed by atoms with E-state index in [4.69, 9.17) is 0 Å². The highest BCUT2D eigenvalue weighted by molar-refractivity contribution is 5.86. The summed E-state index contributed by atoms with van der Waals surface area (Å²) in [5.74, 6) is -1.02. The number of piperidine rings is 1. The van der Waals surface area contributed by atoms with Gasteiger partial charge in [0.15, 0.2) is 0 Å². The average molecular weight is 444 g/mol. The molecule has 2 heterocycles. The number of aromatic nitrogens is 1. The van der Waals surface area contributed by atoms with Crippen LogP contribution in [0.15, 0.2) is 42.5 Å². The molecule has 1 atom stereocenters. The Kier molecular flexibility index (Phi) is 6.84. The van der Waals surface area contributed by atoms with Gasteiger partial charge in [-0.05, 0) is 74.1 Å². The van der Waals surface area contributed by atoms with Crippen molar-refractivity contribution in [3.05, 3.63) is 59.9 Å². The molecular formula is C25H27F3N2O2. The van der Waals surface area contributed by atoms with Gasteiger partial charge < -0.3 is 15.0 Å². The van der Waals surface area contributed by atoms with Crippen LogP contribution in [0.2, 0.25) is 0 Å². The normalized spacial score (nSPS) is 18.8. The number of aliphatic hydroxyl groups is 1. The summed E-state index contributed by atoms with van der Waals surface area (Å²) in [5, 5.41) is 9.64. The second-order valence-electron chi connectivity index (χ2n) is 8.53. The number of hydrogen-bond acceptors (Lipinski definition) is 2. The first kappa shape index (κ1) is 22.4. The molecule has 0 spiro atoms. The molecular weight excluding hydrogens is 417 g/mol. The van der Waals surface area contributed by atoms with Crippen molar-refractivity contribution in [1.82, 2.24) is 9.88 Å². The summed E-state index contributed by atoms with van der Waals surface area (Å²) in [5.41, 5.74) is 1.58. The van der Waals surface area contributed by atoms with Crippen molar-refractivity contribution < 1.29 is 23.1 Å². The monoisotopic (exact) mass is 444 g/mol. The van der Waals surface area contributed by atoms with E-state index >= 15 is 0 Å². The maximum atomic E-state index is 13.5. The number of hydrogen-bond donors (Lipinski definition) is 2. The highest BCUT2D eigenvalue weighted by Crippen LogP contribution is 2.30. The van der Waals surface area contributed by atoms with Gasteiger partial charge in [0.25, 0.3) is 0 Å². The molecule has 1 aromatic heterocycles. The fourth-order valence-corrected chi connectivity index (χ4v) is 4.32. The van der Waals surface area contributed by atoms with Crippen molar-refractivity contribution in [3.8, 4) is 11.3 Å². The predicted octanol–water partition coefficient (Wildman–Crippen LogP) is 5.41. The Hall–Kier alpha value is -2.80.